The number of benzene rings is 1. The van der Waals surface area contributed by atoms with Gasteiger partial charge in [-0.05, 0) is 75.6 Å². The third-order valence-electron chi connectivity index (χ3n) is 8.72. The predicted molar refractivity (Wildman–Crippen MR) is 141 cm³/mol. The lowest BCUT2D eigenvalue weighted by molar-refractivity contribution is -0.138. The number of nitrogens with zero attached hydrogens (tertiary/aromatic N) is 1. The fourth-order valence-electron chi connectivity index (χ4n) is 6.72. The molecule has 5 atom stereocenters. The molecule has 4 N–H and O–H groups in total. The third kappa shape index (κ3) is 5.62. The summed E-state index contributed by atoms with van der Waals surface area (Å²) < 4.78 is 0. The van der Waals surface area contributed by atoms with Crippen molar-refractivity contribution in [2.75, 3.05) is 13.1 Å². The fraction of sp³-hybridized carbons (Fsp3) is 0.655. The molecule has 200 valence electrons. The largest absolute Gasteiger partial charge is 0.504 e. The van der Waals surface area contributed by atoms with Crippen LogP contribution >= 0.6 is 0 Å². The standard InChI is InChI=1S/C19H27NO3.C10H17NO2/c1-2-10-20-11-8-15-5-3-4-9-19(15,23)18(20)13-14-6-7-16(21)17(22)12-14;1-4-6-10(3)7(5-2)8(12)11-9(10)13/h2,6-7,12,15,18,21-23H,1,3-5,8-11,13H2;7H,4-6H2,1-3H3,(H,11,12,13)/t15?,18-,19?;/m1./s1. The van der Waals surface area contributed by atoms with Crippen molar-refractivity contribution in [1.82, 2.24) is 10.2 Å². The van der Waals surface area contributed by atoms with Gasteiger partial charge in [0.1, 0.15) is 0 Å². The molecule has 4 unspecified atom stereocenters. The van der Waals surface area contributed by atoms with Crippen LogP contribution in [0.2, 0.25) is 0 Å². The molecule has 4 rings (SSSR count). The van der Waals surface area contributed by atoms with Gasteiger partial charge in [-0.2, -0.15) is 0 Å². The van der Waals surface area contributed by atoms with Crippen LogP contribution < -0.4 is 5.32 Å². The first kappa shape index (κ1) is 28.2. The van der Waals surface area contributed by atoms with Gasteiger partial charge in [0, 0.05) is 12.6 Å². The number of hydrogen-bond acceptors (Lipinski definition) is 6. The van der Waals surface area contributed by atoms with E-state index in [1.807, 2.05) is 32.9 Å². The topological polar surface area (TPSA) is 110 Å². The van der Waals surface area contributed by atoms with E-state index in [2.05, 4.69) is 16.8 Å². The van der Waals surface area contributed by atoms with E-state index in [0.717, 1.165) is 63.6 Å². The van der Waals surface area contributed by atoms with Crippen molar-refractivity contribution < 1.29 is 24.9 Å². The summed E-state index contributed by atoms with van der Waals surface area (Å²) in [5, 5.41) is 33.1. The van der Waals surface area contributed by atoms with Gasteiger partial charge in [-0.1, -0.05) is 45.3 Å². The lowest BCUT2D eigenvalue weighted by Crippen LogP contribution is -2.63. The van der Waals surface area contributed by atoms with Gasteiger partial charge in [-0.25, -0.2) is 0 Å². The van der Waals surface area contributed by atoms with Gasteiger partial charge in [0.2, 0.25) is 11.8 Å². The maximum absolute atomic E-state index is 11.5. The van der Waals surface area contributed by atoms with Crippen LogP contribution in [-0.4, -0.2) is 56.8 Å². The molecule has 0 spiro atoms. The van der Waals surface area contributed by atoms with Crippen LogP contribution in [0.5, 0.6) is 11.5 Å². The summed E-state index contributed by atoms with van der Waals surface area (Å²) in [6.07, 6.45) is 10.3. The summed E-state index contributed by atoms with van der Waals surface area (Å²) in [6, 6.07) is 4.99. The SMILES string of the molecule is C=CCN1CCC2CCCCC2(O)[C@H]1Cc1ccc(O)c(O)c1.CCCC1(C)C(=O)NC(=O)C1CC. The lowest BCUT2D eigenvalue weighted by Gasteiger charge is -2.53. The predicted octanol–water partition coefficient (Wildman–Crippen LogP) is 4.30. The van der Waals surface area contributed by atoms with E-state index >= 15 is 0 Å². The number of phenols is 2. The number of carbonyl (C=O) groups is 2. The van der Waals surface area contributed by atoms with Crippen molar-refractivity contribution >= 4 is 11.8 Å². The molecule has 1 aromatic carbocycles. The molecule has 7 nitrogen and oxygen atoms in total. The molecule has 2 heterocycles. The molecule has 0 aromatic heterocycles. The maximum Gasteiger partial charge on any atom is 0.233 e. The minimum atomic E-state index is -0.660. The molecule has 0 radical (unpaired) electrons. The average Bonchev–Trinajstić information content (AvgIpc) is 3.05. The van der Waals surface area contributed by atoms with Crippen LogP contribution in [0.1, 0.15) is 77.7 Å². The molecule has 2 aliphatic heterocycles. The van der Waals surface area contributed by atoms with E-state index in [4.69, 9.17) is 0 Å². The fourth-order valence-corrected chi connectivity index (χ4v) is 6.72. The summed E-state index contributed by atoms with van der Waals surface area (Å²) in [6.45, 7) is 11.5. The second kappa shape index (κ2) is 11.8. The van der Waals surface area contributed by atoms with Gasteiger partial charge in [-0.3, -0.25) is 19.8 Å². The smallest absolute Gasteiger partial charge is 0.233 e. The van der Waals surface area contributed by atoms with Gasteiger partial charge in [0.05, 0.1) is 16.9 Å². The number of amides is 2. The van der Waals surface area contributed by atoms with Crippen molar-refractivity contribution in [3.05, 3.63) is 36.4 Å². The lowest BCUT2D eigenvalue weighted by atomic mass is 9.66. The van der Waals surface area contributed by atoms with E-state index in [0.29, 0.717) is 12.3 Å². The quantitative estimate of drug-likeness (QED) is 0.252. The highest BCUT2D eigenvalue weighted by atomic mass is 16.3. The summed E-state index contributed by atoms with van der Waals surface area (Å²) in [7, 11) is 0. The van der Waals surface area contributed by atoms with Crippen LogP contribution in [-0.2, 0) is 16.0 Å². The number of imide groups is 1. The van der Waals surface area contributed by atoms with Crippen LogP contribution in [0.3, 0.4) is 0 Å². The minimum absolute atomic E-state index is 0.0310. The number of fused-ring (bicyclic) bond motifs is 1. The minimum Gasteiger partial charge on any atom is -0.504 e. The number of piperidine rings is 1. The summed E-state index contributed by atoms with van der Waals surface area (Å²) >= 11 is 0. The Labute approximate surface area is 215 Å². The van der Waals surface area contributed by atoms with Gasteiger partial charge in [-0.15, -0.1) is 6.58 Å². The Balaban J connectivity index is 0.000000236. The summed E-state index contributed by atoms with van der Waals surface area (Å²) in [5.41, 5.74) is -0.174. The van der Waals surface area contributed by atoms with Crippen molar-refractivity contribution in [2.45, 2.75) is 90.2 Å². The molecule has 1 aromatic rings. The molecule has 3 fully saturated rings. The highest BCUT2D eigenvalue weighted by Gasteiger charge is 2.50. The highest BCUT2D eigenvalue weighted by Crippen LogP contribution is 2.44. The Kier molecular flexibility index (Phi) is 9.23. The van der Waals surface area contributed by atoms with E-state index in [1.54, 1.807) is 6.07 Å². The molecular weight excluding hydrogens is 456 g/mol. The van der Waals surface area contributed by atoms with Gasteiger partial charge in [0.15, 0.2) is 11.5 Å². The normalized spacial score (nSPS) is 32.3. The van der Waals surface area contributed by atoms with Crippen molar-refractivity contribution in [3.63, 3.8) is 0 Å². The molecule has 3 aliphatic rings. The summed E-state index contributed by atoms with van der Waals surface area (Å²) in [4.78, 5) is 25.2. The zero-order valence-corrected chi connectivity index (χ0v) is 22.1. The molecule has 1 saturated carbocycles. The zero-order valence-electron chi connectivity index (χ0n) is 22.1. The third-order valence-corrected chi connectivity index (χ3v) is 8.72. The molecule has 2 amide bonds. The van der Waals surface area contributed by atoms with Gasteiger partial charge < -0.3 is 15.3 Å². The van der Waals surface area contributed by atoms with Crippen LogP contribution in [0.4, 0.5) is 0 Å². The number of aromatic hydroxyl groups is 2. The molecule has 2 saturated heterocycles. The highest BCUT2D eigenvalue weighted by molar-refractivity contribution is 6.07. The Hall–Kier alpha value is -2.38. The molecule has 1 aliphatic carbocycles. The number of hydrogen-bond donors (Lipinski definition) is 4. The first-order valence-electron chi connectivity index (χ1n) is 13.5. The Morgan fingerprint density at radius 2 is 1.92 bits per heavy atom. The first-order chi connectivity index (χ1) is 17.1. The van der Waals surface area contributed by atoms with Crippen molar-refractivity contribution in [2.24, 2.45) is 17.3 Å². The Bertz CT molecular complexity index is 950. The maximum atomic E-state index is 11.5. The number of nitrogens with one attached hydrogen (secondary N) is 1. The second-order valence-corrected chi connectivity index (χ2v) is 11.0. The Morgan fingerprint density at radius 3 is 2.56 bits per heavy atom. The van der Waals surface area contributed by atoms with E-state index in [1.165, 1.54) is 12.5 Å². The number of aliphatic hydroxyl groups is 1. The van der Waals surface area contributed by atoms with E-state index < -0.39 is 11.0 Å². The number of rotatable bonds is 7. The zero-order chi connectivity index (χ0) is 26.5. The van der Waals surface area contributed by atoms with Crippen LogP contribution in [0, 0.1) is 17.3 Å². The average molecular weight is 501 g/mol. The van der Waals surface area contributed by atoms with Crippen LogP contribution in [0.15, 0.2) is 30.9 Å². The molecular formula is C29H44N2O5. The summed E-state index contributed by atoms with van der Waals surface area (Å²) in [5.74, 6) is -0.141. The Morgan fingerprint density at radius 1 is 1.17 bits per heavy atom. The number of phenolic OH excluding ortho intramolecular Hbond substituents is 2. The van der Waals surface area contributed by atoms with Crippen LogP contribution in [0.25, 0.3) is 0 Å². The number of likely N-dealkylation sites (tertiary alicyclic amines) is 1. The van der Waals surface area contributed by atoms with Crippen molar-refractivity contribution in [3.8, 4) is 11.5 Å². The van der Waals surface area contributed by atoms with Crippen molar-refractivity contribution in [1.29, 1.82) is 0 Å². The van der Waals surface area contributed by atoms with Gasteiger partial charge in [0.25, 0.3) is 0 Å². The van der Waals surface area contributed by atoms with E-state index in [9.17, 15) is 24.9 Å². The van der Waals surface area contributed by atoms with E-state index in [-0.39, 0.29) is 35.3 Å². The molecule has 36 heavy (non-hydrogen) atoms. The molecule has 0 bridgehead atoms. The molecule has 7 heteroatoms. The van der Waals surface area contributed by atoms with Gasteiger partial charge >= 0.3 is 0 Å². The first-order valence-corrected chi connectivity index (χ1v) is 13.5. The monoisotopic (exact) mass is 500 g/mol. The number of carbonyl (C=O) groups excluding carboxylic acids is 2. The second-order valence-electron chi connectivity index (χ2n) is 11.0.